The SMILES string of the molecule is On1ccccc1=S.[Fe].[Fe]. The molecule has 1 N–H and O–H groups in total. The Balaban J connectivity index is 0. The molecule has 0 aliphatic carbocycles. The summed E-state index contributed by atoms with van der Waals surface area (Å²) in [5, 5.41) is 8.73. The van der Waals surface area contributed by atoms with E-state index < -0.39 is 0 Å². The van der Waals surface area contributed by atoms with Crippen LogP contribution in [0.2, 0.25) is 0 Å². The smallest absolute Gasteiger partial charge is 0.142 e. The van der Waals surface area contributed by atoms with Crippen molar-refractivity contribution in [1.82, 2.24) is 4.73 Å². The van der Waals surface area contributed by atoms with Crippen LogP contribution >= 0.6 is 12.2 Å². The molecule has 58 valence electrons. The molecule has 0 unspecified atom stereocenters. The summed E-state index contributed by atoms with van der Waals surface area (Å²) >= 11 is 4.67. The van der Waals surface area contributed by atoms with Gasteiger partial charge in [-0.15, -0.1) is 0 Å². The fraction of sp³-hybridized carbons (Fsp3) is 0. The van der Waals surface area contributed by atoms with Gasteiger partial charge in [-0.1, -0.05) is 18.3 Å². The summed E-state index contributed by atoms with van der Waals surface area (Å²) < 4.78 is 1.32. The molecule has 0 saturated heterocycles. The second kappa shape index (κ2) is 5.95. The molecule has 1 aromatic rings. The summed E-state index contributed by atoms with van der Waals surface area (Å²) in [6, 6.07) is 5.13. The second-order valence-electron chi connectivity index (χ2n) is 1.38. The molecule has 0 amide bonds. The summed E-state index contributed by atoms with van der Waals surface area (Å²) in [6.45, 7) is 0. The maximum atomic E-state index is 8.73. The van der Waals surface area contributed by atoms with E-state index >= 15 is 0 Å². The maximum absolute atomic E-state index is 8.73. The average molecular weight is 239 g/mol. The minimum absolute atomic E-state index is 0. The zero-order valence-electron chi connectivity index (χ0n) is 4.82. The summed E-state index contributed by atoms with van der Waals surface area (Å²) in [6.07, 6.45) is 1.49. The summed E-state index contributed by atoms with van der Waals surface area (Å²) in [5.41, 5.74) is 0. The first-order valence-corrected chi connectivity index (χ1v) is 2.58. The topological polar surface area (TPSA) is 25.2 Å². The zero-order valence-corrected chi connectivity index (χ0v) is 7.84. The van der Waals surface area contributed by atoms with E-state index in [0.29, 0.717) is 4.64 Å². The molecule has 0 aliphatic rings. The van der Waals surface area contributed by atoms with Gasteiger partial charge in [0.05, 0.1) is 0 Å². The van der Waals surface area contributed by atoms with Gasteiger partial charge >= 0.3 is 0 Å². The van der Waals surface area contributed by atoms with Crippen molar-refractivity contribution in [2.75, 3.05) is 0 Å². The Bertz CT molecular complexity index is 237. The van der Waals surface area contributed by atoms with Crippen LogP contribution < -0.4 is 0 Å². The molecule has 0 atom stereocenters. The maximum Gasteiger partial charge on any atom is 0.142 e. The Hall–Kier alpha value is 0.209. The molecule has 1 rings (SSSR count). The van der Waals surface area contributed by atoms with Crippen molar-refractivity contribution in [1.29, 1.82) is 0 Å². The van der Waals surface area contributed by atoms with Gasteiger partial charge in [-0.25, -0.2) is 0 Å². The Labute approximate surface area is 85.2 Å². The molecule has 0 fully saturated rings. The van der Waals surface area contributed by atoms with Crippen LogP contribution in [-0.2, 0) is 34.1 Å². The first-order valence-electron chi connectivity index (χ1n) is 2.17. The van der Waals surface area contributed by atoms with Crippen LogP contribution in [0.5, 0.6) is 0 Å². The Kier molecular flexibility index (Phi) is 7.65. The van der Waals surface area contributed by atoms with Crippen LogP contribution in [0.1, 0.15) is 0 Å². The van der Waals surface area contributed by atoms with Crippen molar-refractivity contribution in [3.05, 3.63) is 29.0 Å². The monoisotopic (exact) mass is 239 g/mol. The van der Waals surface area contributed by atoms with Crippen molar-refractivity contribution in [2.24, 2.45) is 0 Å². The summed E-state index contributed by atoms with van der Waals surface area (Å²) in [5.74, 6) is 0. The van der Waals surface area contributed by atoms with Gasteiger partial charge in [0.15, 0.2) is 0 Å². The van der Waals surface area contributed by atoms with Crippen LogP contribution in [0.3, 0.4) is 0 Å². The molecule has 0 spiro atoms. The van der Waals surface area contributed by atoms with Gasteiger partial charge in [-0.3, -0.25) is 0 Å². The molecule has 1 heterocycles. The first-order chi connectivity index (χ1) is 3.80. The molecule has 0 radical (unpaired) electrons. The van der Waals surface area contributed by atoms with Crippen LogP contribution in [0.4, 0.5) is 0 Å². The number of rotatable bonds is 0. The standard InChI is InChI=1S/C5H5NOS.2Fe/c7-6-4-2-1-3-5(6)8;;/h1-4,7H;;. The third kappa shape index (κ3) is 3.40. The quantitative estimate of drug-likeness (QED) is 0.421. The minimum atomic E-state index is 0. The second-order valence-corrected chi connectivity index (χ2v) is 1.80. The number of aromatic nitrogens is 1. The largest absolute Gasteiger partial charge is 0.428 e. The molecular weight excluding hydrogens is 234 g/mol. The predicted octanol–water partition coefficient (Wildman–Crippen LogP) is 1.45. The Morgan fingerprint density at radius 2 is 1.90 bits per heavy atom. The van der Waals surface area contributed by atoms with Gasteiger partial charge in [-0.2, -0.15) is 4.73 Å². The van der Waals surface area contributed by atoms with E-state index in [1.807, 2.05) is 0 Å². The molecule has 0 aliphatic heterocycles. The molecule has 5 heteroatoms. The molecule has 0 aromatic carbocycles. The normalized spacial score (nSPS) is 7.20. The van der Waals surface area contributed by atoms with E-state index in [9.17, 15) is 0 Å². The van der Waals surface area contributed by atoms with Crippen LogP contribution in [0.15, 0.2) is 24.4 Å². The van der Waals surface area contributed by atoms with Crippen molar-refractivity contribution in [3.63, 3.8) is 0 Å². The van der Waals surface area contributed by atoms with E-state index in [0.717, 1.165) is 4.73 Å². The van der Waals surface area contributed by atoms with Crippen LogP contribution in [0, 0.1) is 4.64 Å². The Morgan fingerprint density at radius 3 is 2.20 bits per heavy atom. The third-order valence-electron chi connectivity index (χ3n) is 0.803. The van der Waals surface area contributed by atoms with Gasteiger partial charge in [0, 0.05) is 40.3 Å². The van der Waals surface area contributed by atoms with Crippen molar-refractivity contribution in [2.45, 2.75) is 0 Å². The Morgan fingerprint density at radius 1 is 1.30 bits per heavy atom. The molecule has 2 nitrogen and oxygen atoms in total. The van der Waals surface area contributed by atoms with E-state index in [4.69, 9.17) is 5.21 Å². The molecule has 1 aromatic heterocycles. The van der Waals surface area contributed by atoms with E-state index in [1.165, 1.54) is 6.20 Å². The minimum Gasteiger partial charge on any atom is -0.428 e. The molecule has 0 saturated carbocycles. The van der Waals surface area contributed by atoms with Crippen LogP contribution in [0.25, 0.3) is 0 Å². The number of nitrogens with zero attached hydrogens (tertiary/aromatic N) is 1. The predicted molar refractivity (Wildman–Crippen MR) is 32.5 cm³/mol. The van der Waals surface area contributed by atoms with Crippen molar-refractivity contribution < 1.29 is 39.3 Å². The average Bonchev–Trinajstić information content (AvgIpc) is 1.77. The van der Waals surface area contributed by atoms with Gasteiger partial charge in [0.2, 0.25) is 0 Å². The van der Waals surface area contributed by atoms with Gasteiger partial charge in [0.1, 0.15) is 4.64 Å². The molecular formula is C5H5Fe2NOS. The van der Waals surface area contributed by atoms with Crippen molar-refractivity contribution >= 4 is 12.2 Å². The number of pyridine rings is 1. The van der Waals surface area contributed by atoms with Crippen molar-refractivity contribution in [3.8, 4) is 0 Å². The van der Waals surface area contributed by atoms with E-state index in [-0.39, 0.29) is 34.1 Å². The van der Waals surface area contributed by atoms with E-state index in [2.05, 4.69) is 12.2 Å². The molecule has 10 heavy (non-hydrogen) atoms. The fourth-order valence-electron chi connectivity index (χ4n) is 0.419. The fourth-order valence-corrected chi connectivity index (χ4v) is 0.558. The summed E-state index contributed by atoms with van der Waals surface area (Å²) in [7, 11) is 0. The molecule has 0 bridgehead atoms. The van der Waals surface area contributed by atoms with Gasteiger partial charge in [0.25, 0.3) is 0 Å². The van der Waals surface area contributed by atoms with E-state index in [1.54, 1.807) is 18.2 Å². The zero-order chi connectivity index (χ0) is 5.98. The summed E-state index contributed by atoms with van der Waals surface area (Å²) in [4.78, 5) is 0. The van der Waals surface area contributed by atoms with Gasteiger partial charge < -0.3 is 5.21 Å². The number of hydrogen-bond acceptors (Lipinski definition) is 2. The van der Waals surface area contributed by atoms with Gasteiger partial charge in [-0.05, 0) is 12.1 Å². The first kappa shape index (κ1) is 12.8. The number of hydrogen-bond donors (Lipinski definition) is 1. The third-order valence-corrected chi connectivity index (χ3v) is 1.13. The van der Waals surface area contributed by atoms with Crippen LogP contribution in [-0.4, -0.2) is 9.94 Å².